The maximum atomic E-state index is 5.63. The zero-order valence-electron chi connectivity index (χ0n) is 11.8. The van der Waals surface area contributed by atoms with Crippen molar-refractivity contribution in [2.75, 3.05) is 39.4 Å². The molecule has 0 aliphatic carbocycles. The van der Waals surface area contributed by atoms with Gasteiger partial charge < -0.3 is 10.1 Å². The van der Waals surface area contributed by atoms with E-state index in [1.807, 2.05) is 0 Å². The Morgan fingerprint density at radius 1 is 1.11 bits per heavy atom. The van der Waals surface area contributed by atoms with Crippen molar-refractivity contribution in [3.63, 3.8) is 0 Å². The summed E-state index contributed by atoms with van der Waals surface area (Å²) in [6, 6.07) is 8.89. The van der Waals surface area contributed by atoms with E-state index >= 15 is 0 Å². The molecule has 0 bridgehead atoms. The zero-order chi connectivity index (χ0) is 13.1. The monoisotopic (exact) mass is 260 g/mol. The van der Waals surface area contributed by atoms with Gasteiger partial charge in [-0.1, -0.05) is 24.3 Å². The second kappa shape index (κ2) is 5.61. The topological polar surface area (TPSA) is 24.5 Å². The summed E-state index contributed by atoms with van der Waals surface area (Å²) in [4.78, 5) is 2.69. The Hall–Kier alpha value is -0.900. The highest BCUT2D eigenvalue weighted by Crippen LogP contribution is 2.39. The number of hydrogen-bond donors (Lipinski definition) is 1. The van der Waals surface area contributed by atoms with Gasteiger partial charge in [0.25, 0.3) is 0 Å². The first-order valence-corrected chi connectivity index (χ1v) is 7.42. The van der Waals surface area contributed by atoms with Crippen molar-refractivity contribution in [2.24, 2.45) is 0 Å². The van der Waals surface area contributed by atoms with Gasteiger partial charge >= 0.3 is 0 Å². The molecule has 0 aromatic heterocycles. The third kappa shape index (κ3) is 2.42. The van der Waals surface area contributed by atoms with Crippen LogP contribution in [0, 0.1) is 6.92 Å². The molecule has 0 amide bonds. The first kappa shape index (κ1) is 13.1. The molecule has 2 heterocycles. The molecule has 3 nitrogen and oxygen atoms in total. The second-order valence-corrected chi connectivity index (χ2v) is 5.70. The summed E-state index contributed by atoms with van der Waals surface area (Å²) >= 11 is 0. The van der Waals surface area contributed by atoms with E-state index in [0.717, 1.165) is 52.2 Å². The first-order valence-electron chi connectivity index (χ1n) is 7.42. The number of piperazine rings is 1. The lowest BCUT2D eigenvalue weighted by atomic mass is 9.78. The van der Waals surface area contributed by atoms with Crippen molar-refractivity contribution in [1.82, 2.24) is 10.2 Å². The van der Waals surface area contributed by atoms with Crippen molar-refractivity contribution in [3.8, 4) is 0 Å². The van der Waals surface area contributed by atoms with Gasteiger partial charge in [-0.05, 0) is 30.9 Å². The van der Waals surface area contributed by atoms with Crippen molar-refractivity contribution < 1.29 is 4.74 Å². The molecule has 2 saturated heterocycles. The molecule has 1 N–H and O–H groups in total. The van der Waals surface area contributed by atoms with Crippen LogP contribution in [-0.4, -0.2) is 44.3 Å². The van der Waals surface area contributed by atoms with Gasteiger partial charge in [-0.3, -0.25) is 4.90 Å². The molecule has 2 aliphatic heterocycles. The van der Waals surface area contributed by atoms with E-state index in [2.05, 4.69) is 41.4 Å². The molecular formula is C16H24N2O. The number of ether oxygens (including phenoxy) is 1. The number of benzene rings is 1. The summed E-state index contributed by atoms with van der Waals surface area (Å²) in [7, 11) is 0. The molecule has 0 unspecified atom stereocenters. The van der Waals surface area contributed by atoms with Crippen LogP contribution in [0.4, 0.5) is 0 Å². The SMILES string of the molecule is Cc1ccccc1C1(N2CCNCC2)CCOCC1. The van der Waals surface area contributed by atoms with Gasteiger partial charge in [0.1, 0.15) is 0 Å². The Morgan fingerprint density at radius 2 is 1.79 bits per heavy atom. The number of rotatable bonds is 2. The molecule has 2 aliphatic rings. The molecule has 0 spiro atoms. The number of aryl methyl sites for hydroxylation is 1. The van der Waals surface area contributed by atoms with Gasteiger partial charge in [-0.15, -0.1) is 0 Å². The van der Waals surface area contributed by atoms with Gasteiger partial charge in [0.15, 0.2) is 0 Å². The Kier molecular flexibility index (Phi) is 3.87. The predicted molar refractivity (Wildman–Crippen MR) is 77.4 cm³/mol. The van der Waals surface area contributed by atoms with Crippen LogP contribution in [0.2, 0.25) is 0 Å². The average molecular weight is 260 g/mol. The van der Waals surface area contributed by atoms with Crippen molar-refractivity contribution >= 4 is 0 Å². The lowest BCUT2D eigenvalue weighted by molar-refractivity contribution is -0.0376. The fourth-order valence-corrected chi connectivity index (χ4v) is 3.65. The van der Waals surface area contributed by atoms with Crippen molar-refractivity contribution in [1.29, 1.82) is 0 Å². The van der Waals surface area contributed by atoms with Crippen LogP contribution in [0.1, 0.15) is 24.0 Å². The maximum absolute atomic E-state index is 5.63. The highest BCUT2D eigenvalue weighted by molar-refractivity contribution is 5.33. The van der Waals surface area contributed by atoms with Crippen LogP contribution in [0.3, 0.4) is 0 Å². The van der Waals surface area contributed by atoms with Gasteiger partial charge in [0.05, 0.1) is 5.54 Å². The standard InChI is InChI=1S/C16H24N2O/c1-14-4-2-3-5-15(14)16(6-12-19-13-7-16)18-10-8-17-9-11-18/h2-5,17H,6-13H2,1H3. The molecule has 0 atom stereocenters. The normalized spacial score (nSPS) is 24.3. The summed E-state index contributed by atoms with van der Waals surface area (Å²) in [6.07, 6.45) is 2.25. The zero-order valence-corrected chi connectivity index (χ0v) is 11.8. The van der Waals surface area contributed by atoms with Crippen LogP contribution in [0.5, 0.6) is 0 Å². The third-order valence-corrected chi connectivity index (χ3v) is 4.69. The predicted octanol–water partition coefficient (Wildman–Crippen LogP) is 1.91. The van der Waals surface area contributed by atoms with Gasteiger partial charge in [0, 0.05) is 39.4 Å². The van der Waals surface area contributed by atoms with E-state index in [9.17, 15) is 0 Å². The summed E-state index contributed by atoms with van der Waals surface area (Å²) in [6.45, 7) is 8.52. The molecule has 1 aromatic carbocycles. The summed E-state index contributed by atoms with van der Waals surface area (Å²) in [5.41, 5.74) is 3.13. The highest BCUT2D eigenvalue weighted by atomic mass is 16.5. The van der Waals surface area contributed by atoms with Crippen LogP contribution in [0.15, 0.2) is 24.3 Å². The minimum Gasteiger partial charge on any atom is -0.381 e. The Labute approximate surface area is 115 Å². The lowest BCUT2D eigenvalue weighted by Gasteiger charge is -2.49. The van der Waals surface area contributed by atoms with E-state index in [1.165, 1.54) is 11.1 Å². The summed E-state index contributed by atoms with van der Waals surface area (Å²) in [5, 5.41) is 3.46. The number of hydrogen-bond acceptors (Lipinski definition) is 3. The summed E-state index contributed by atoms with van der Waals surface area (Å²) < 4.78 is 5.63. The van der Waals surface area contributed by atoms with E-state index in [-0.39, 0.29) is 5.54 Å². The van der Waals surface area contributed by atoms with E-state index in [1.54, 1.807) is 0 Å². The minimum absolute atomic E-state index is 0.200. The fraction of sp³-hybridized carbons (Fsp3) is 0.625. The lowest BCUT2D eigenvalue weighted by Crippen LogP contribution is -2.56. The largest absolute Gasteiger partial charge is 0.381 e. The minimum atomic E-state index is 0.200. The van der Waals surface area contributed by atoms with Crippen LogP contribution < -0.4 is 5.32 Å². The van der Waals surface area contributed by atoms with Crippen LogP contribution >= 0.6 is 0 Å². The van der Waals surface area contributed by atoms with E-state index < -0.39 is 0 Å². The van der Waals surface area contributed by atoms with Crippen LogP contribution in [-0.2, 0) is 10.3 Å². The van der Waals surface area contributed by atoms with E-state index in [4.69, 9.17) is 4.74 Å². The number of nitrogens with zero attached hydrogens (tertiary/aromatic N) is 1. The highest BCUT2D eigenvalue weighted by Gasteiger charge is 2.41. The first-order chi connectivity index (χ1) is 9.33. The molecule has 3 heteroatoms. The Balaban J connectivity index is 1.98. The number of nitrogens with one attached hydrogen (secondary N) is 1. The molecule has 0 radical (unpaired) electrons. The molecular weight excluding hydrogens is 236 g/mol. The van der Waals surface area contributed by atoms with Crippen molar-refractivity contribution in [2.45, 2.75) is 25.3 Å². The molecule has 0 saturated carbocycles. The quantitative estimate of drug-likeness (QED) is 0.879. The third-order valence-electron chi connectivity index (χ3n) is 4.69. The Morgan fingerprint density at radius 3 is 2.47 bits per heavy atom. The maximum Gasteiger partial charge on any atom is 0.0508 e. The van der Waals surface area contributed by atoms with Gasteiger partial charge in [0.2, 0.25) is 0 Å². The van der Waals surface area contributed by atoms with E-state index in [0.29, 0.717) is 0 Å². The van der Waals surface area contributed by atoms with Gasteiger partial charge in [-0.25, -0.2) is 0 Å². The average Bonchev–Trinajstić information content (AvgIpc) is 2.49. The van der Waals surface area contributed by atoms with Gasteiger partial charge in [-0.2, -0.15) is 0 Å². The van der Waals surface area contributed by atoms with Crippen LogP contribution in [0.25, 0.3) is 0 Å². The molecule has 2 fully saturated rings. The molecule has 3 rings (SSSR count). The molecule has 104 valence electrons. The Bertz CT molecular complexity index is 421. The second-order valence-electron chi connectivity index (χ2n) is 5.70. The fourth-order valence-electron chi connectivity index (χ4n) is 3.65. The molecule has 19 heavy (non-hydrogen) atoms. The smallest absolute Gasteiger partial charge is 0.0508 e. The molecule has 1 aromatic rings. The van der Waals surface area contributed by atoms with Crippen molar-refractivity contribution in [3.05, 3.63) is 35.4 Å². The summed E-state index contributed by atoms with van der Waals surface area (Å²) in [5.74, 6) is 0.